The van der Waals surface area contributed by atoms with Gasteiger partial charge < -0.3 is 5.11 Å². The van der Waals surface area contributed by atoms with Gasteiger partial charge in [0.05, 0.1) is 0 Å². The van der Waals surface area contributed by atoms with Crippen molar-refractivity contribution in [1.82, 2.24) is 0 Å². The summed E-state index contributed by atoms with van der Waals surface area (Å²) in [6.45, 7) is 2.31. The van der Waals surface area contributed by atoms with E-state index in [9.17, 15) is 4.79 Å². The quantitative estimate of drug-likeness (QED) is 0.802. The Bertz CT molecular complexity index is 384. The van der Waals surface area contributed by atoms with Crippen LogP contribution in [-0.4, -0.2) is 17.5 Å². The average Bonchev–Trinajstić information content (AvgIpc) is 2.25. The first-order chi connectivity index (χ1) is 7.17. The van der Waals surface area contributed by atoms with Gasteiger partial charge in [0, 0.05) is 18.6 Å². The predicted octanol–water partition coefficient (Wildman–Crippen LogP) is 2.30. The third-order valence-corrected chi connectivity index (χ3v) is 3.45. The molecule has 1 N–H and O–H groups in total. The molecule has 0 aromatic heterocycles. The SMILES string of the molecule is CC1(CCO)CCC(=O)c2ccccc21. The molecule has 0 fully saturated rings. The van der Waals surface area contributed by atoms with Gasteiger partial charge in [0.15, 0.2) is 5.78 Å². The number of Topliss-reactive ketones (excluding diaryl/α,β-unsaturated/α-hetero) is 1. The van der Waals surface area contributed by atoms with Gasteiger partial charge in [0.2, 0.25) is 0 Å². The van der Waals surface area contributed by atoms with Crippen LogP contribution < -0.4 is 0 Å². The van der Waals surface area contributed by atoms with E-state index >= 15 is 0 Å². The summed E-state index contributed by atoms with van der Waals surface area (Å²) in [7, 11) is 0. The maximum absolute atomic E-state index is 11.7. The first kappa shape index (κ1) is 10.4. The zero-order chi connectivity index (χ0) is 10.9. The lowest BCUT2D eigenvalue weighted by molar-refractivity contribution is 0.0946. The normalized spacial score (nSPS) is 25.1. The highest BCUT2D eigenvalue weighted by atomic mass is 16.3. The molecule has 0 heterocycles. The molecule has 0 spiro atoms. The first-order valence-corrected chi connectivity index (χ1v) is 5.41. The summed E-state index contributed by atoms with van der Waals surface area (Å²) >= 11 is 0. The summed E-state index contributed by atoms with van der Waals surface area (Å²) in [5, 5.41) is 9.09. The van der Waals surface area contributed by atoms with Crippen molar-refractivity contribution in [1.29, 1.82) is 0 Å². The van der Waals surface area contributed by atoms with Crippen LogP contribution in [0.5, 0.6) is 0 Å². The molecule has 1 atom stereocenters. The number of aliphatic hydroxyl groups excluding tert-OH is 1. The van der Waals surface area contributed by atoms with Crippen LogP contribution in [0.4, 0.5) is 0 Å². The molecule has 15 heavy (non-hydrogen) atoms. The molecule has 1 aromatic rings. The van der Waals surface area contributed by atoms with Crippen LogP contribution in [0.3, 0.4) is 0 Å². The van der Waals surface area contributed by atoms with E-state index in [2.05, 4.69) is 6.92 Å². The number of rotatable bonds is 2. The zero-order valence-electron chi connectivity index (χ0n) is 8.99. The van der Waals surface area contributed by atoms with E-state index in [1.165, 1.54) is 0 Å². The van der Waals surface area contributed by atoms with E-state index in [0.29, 0.717) is 6.42 Å². The highest BCUT2D eigenvalue weighted by molar-refractivity contribution is 5.99. The molecule has 2 heteroatoms. The predicted molar refractivity (Wildman–Crippen MR) is 59.1 cm³/mol. The molecule has 1 aliphatic rings. The maximum atomic E-state index is 11.7. The lowest BCUT2D eigenvalue weighted by Gasteiger charge is -2.34. The monoisotopic (exact) mass is 204 g/mol. The van der Waals surface area contributed by atoms with Crippen molar-refractivity contribution in [3.8, 4) is 0 Å². The van der Waals surface area contributed by atoms with Gasteiger partial charge in [-0.15, -0.1) is 0 Å². The minimum absolute atomic E-state index is 0.0285. The number of aliphatic hydroxyl groups is 1. The number of hydrogen-bond donors (Lipinski definition) is 1. The summed E-state index contributed by atoms with van der Waals surface area (Å²) in [5.74, 6) is 0.237. The van der Waals surface area contributed by atoms with Gasteiger partial charge in [-0.25, -0.2) is 0 Å². The number of carbonyl (C=O) groups is 1. The molecule has 0 aliphatic heterocycles. The molecule has 1 aromatic carbocycles. The van der Waals surface area contributed by atoms with Crippen molar-refractivity contribution in [2.75, 3.05) is 6.61 Å². The molecule has 2 nitrogen and oxygen atoms in total. The summed E-state index contributed by atoms with van der Waals surface area (Å²) in [6, 6.07) is 7.78. The Morgan fingerprint density at radius 3 is 2.87 bits per heavy atom. The molecule has 0 radical (unpaired) electrons. The van der Waals surface area contributed by atoms with Gasteiger partial charge in [-0.1, -0.05) is 31.2 Å². The number of ketones is 1. The van der Waals surface area contributed by atoms with Crippen LogP contribution in [0.2, 0.25) is 0 Å². The van der Waals surface area contributed by atoms with Crippen LogP contribution in [0.1, 0.15) is 42.1 Å². The van der Waals surface area contributed by atoms with E-state index < -0.39 is 0 Å². The van der Waals surface area contributed by atoms with Gasteiger partial charge >= 0.3 is 0 Å². The van der Waals surface area contributed by atoms with Crippen molar-refractivity contribution in [3.63, 3.8) is 0 Å². The van der Waals surface area contributed by atoms with Crippen molar-refractivity contribution in [3.05, 3.63) is 35.4 Å². The molecular weight excluding hydrogens is 188 g/mol. The molecule has 0 saturated heterocycles. The minimum atomic E-state index is -0.0285. The Hall–Kier alpha value is -1.15. The smallest absolute Gasteiger partial charge is 0.163 e. The number of fused-ring (bicyclic) bond motifs is 1. The second kappa shape index (κ2) is 3.78. The Balaban J connectivity index is 2.48. The van der Waals surface area contributed by atoms with E-state index in [0.717, 1.165) is 24.0 Å². The average molecular weight is 204 g/mol. The Labute approximate surface area is 89.9 Å². The molecule has 0 bridgehead atoms. The van der Waals surface area contributed by atoms with Crippen molar-refractivity contribution >= 4 is 5.78 Å². The van der Waals surface area contributed by atoms with Crippen LogP contribution in [0.15, 0.2) is 24.3 Å². The summed E-state index contributed by atoms with van der Waals surface area (Å²) in [6.07, 6.45) is 2.19. The zero-order valence-corrected chi connectivity index (χ0v) is 8.99. The summed E-state index contributed by atoms with van der Waals surface area (Å²) < 4.78 is 0. The van der Waals surface area contributed by atoms with Crippen molar-refractivity contribution in [2.45, 2.75) is 31.6 Å². The van der Waals surface area contributed by atoms with Gasteiger partial charge in [0.25, 0.3) is 0 Å². The molecule has 0 saturated carbocycles. The van der Waals surface area contributed by atoms with Gasteiger partial charge in [-0.3, -0.25) is 4.79 Å². The fraction of sp³-hybridized carbons (Fsp3) is 0.462. The highest BCUT2D eigenvalue weighted by Crippen LogP contribution is 2.39. The first-order valence-electron chi connectivity index (χ1n) is 5.41. The lowest BCUT2D eigenvalue weighted by atomic mass is 9.69. The second-order valence-corrected chi connectivity index (χ2v) is 4.50. The topological polar surface area (TPSA) is 37.3 Å². The van der Waals surface area contributed by atoms with Gasteiger partial charge in [0.1, 0.15) is 0 Å². The molecule has 1 aliphatic carbocycles. The number of hydrogen-bond acceptors (Lipinski definition) is 2. The van der Waals surface area contributed by atoms with E-state index in [4.69, 9.17) is 5.11 Å². The third-order valence-electron chi connectivity index (χ3n) is 3.45. The standard InChI is InChI=1S/C13H16O2/c1-13(8-9-14)7-6-12(15)10-4-2-3-5-11(10)13/h2-5,14H,6-9H2,1H3. The van der Waals surface area contributed by atoms with E-state index in [1.807, 2.05) is 24.3 Å². The third kappa shape index (κ3) is 1.70. The van der Waals surface area contributed by atoms with Crippen LogP contribution in [0, 0.1) is 0 Å². The van der Waals surface area contributed by atoms with Crippen LogP contribution in [-0.2, 0) is 5.41 Å². The fourth-order valence-corrected chi connectivity index (χ4v) is 2.42. The van der Waals surface area contributed by atoms with Gasteiger partial charge in [-0.05, 0) is 23.8 Å². The summed E-state index contributed by atoms with van der Waals surface area (Å²) in [4.78, 5) is 11.7. The lowest BCUT2D eigenvalue weighted by Crippen LogP contribution is -2.31. The molecule has 2 rings (SSSR count). The van der Waals surface area contributed by atoms with Crippen LogP contribution >= 0.6 is 0 Å². The Morgan fingerprint density at radius 1 is 1.40 bits per heavy atom. The number of benzene rings is 1. The fourth-order valence-electron chi connectivity index (χ4n) is 2.42. The molecule has 80 valence electrons. The highest BCUT2D eigenvalue weighted by Gasteiger charge is 2.34. The van der Waals surface area contributed by atoms with Crippen LogP contribution in [0.25, 0.3) is 0 Å². The van der Waals surface area contributed by atoms with Crippen molar-refractivity contribution in [2.24, 2.45) is 0 Å². The largest absolute Gasteiger partial charge is 0.396 e. The number of carbonyl (C=O) groups excluding carboxylic acids is 1. The van der Waals surface area contributed by atoms with E-state index in [-0.39, 0.29) is 17.8 Å². The minimum Gasteiger partial charge on any atom is -0.396 e. The summed E-state index contributed by atoms with van der Waals surface area (Å²) in [5.41, 5.74) is 1.93. The Kier molecular flexibility index (Phi) is 2.61. The van der Waals surface area contributed by atoms with Crippen molar-refractivity contribution < 1.29 is 9.90 Å². The molecule has 1 unspecified atom stereocenters. The molecular formula is C13H16O2. The molecule has 0 amide bonds. The van der Waals surface area contributed by atoms with E-state index in [1.54, 1.807) is 0 Å². The maximum Gasteiger partial charge on any atom is 0.163 e. The Morgan fingerprint density at radius 2 is 2.13 bits per heavy atom. The van der Waals surface area contributed by atoms with Gasteiger partial charge in [-0.2, -0.15) is 0 Å². The second-order valence-electron chi connectivity index (χ2n) is 4.50.